The first kappa shape index (κ1) is 18.1. The zero-order valence-corrected chi connectivity index (χ0v) is 13.4. The van der Waals surface area contributed by atoms with Gasteiger partial charge in [-0.2, -0.15) is 0 Å². The van der Waals surface area contributed by atoms with E-state index in [1.807, 2.05) is 6.92 Å². The fourth-order valence-corrected chi connectivity index (χ4v) is 2.52. The molecule has 0 aliphatic heterocycles. The summed E-state index contributed by atoms with van der Waals surface area (Å²) >= 11 is 0. The largest absolute Gasteiger partial charge is 0.310 e. The van der Waals surface area contributed by atoms with E-state index in [0.29, 0.717) is 5.56 Å². The summed E-state index contributed by atoms with van der Waals surface area (Å²) in [6.45, 7) is 5.07. The van der Waals surface area contributed by atoms with Gasteiger partial charge in [-0.1, -0.05) is 51.9 Å². The molecule has 0 bridgehead atoms. The minimum absolute atomic E-state index is 0.0141. The van der Waals surface area contributed by atoms with Gasteiger partial charge in [-0.25, -0.2) is 8.78 Å². The number of hydrogen-bond donors (Lipinski definition) is 1. The Morgan fingerprint density at radius 2 is 1.38 bits per heavy atom. The Morgan fingerprint density at radius 3 is 1.95 bits per heavy atom. The molecule has 1 atom stereocenters. The van der Waals surface area contributed by atoms with E-state index in [2.05, 4.69) is 12.2 Å². The highest BCUT2D eigenvalue weighted by Gasteiger charge is 2.07. The molecule has 1 N–H and O–H groups in total. The maximum atomic E-state index is 13.1. The van der Waals surface area contributed by atoms with Gasteiger partial charge >= 0.3 is 0 Å². The van der Waals surface area contributed by atoms with Gasteiger partial charge in [-0.3, -0.25) is 0 Å². The smallest absolute Gasteiger partial charge is 0.126 e. The molecule has 0 saturated carbocycles. The Hall–Kier alpha value is -0.960. The second-order valence-corrected chi connectivity index (χ2v) is 5.85. The molecule has 0 heterocycles. The summed E-state index contributed by atoms with van der Waals surface area (Å²) in [6, 6.07) is 3.69. The fourth-order valence-electron chi connectivity index (χ4n) is 2.52. The maximum Gasteiger partial charge on any atom is 0.126 e. The van der Waals surface area contributed by atoms with Crippen molar-refractivity contribution < 1.29 is 8.78 Å². The highest BCUT2D eigenvalue weighted by molar-refractivity contribution is 5.20. The van der Waals surface area contributed by atoms with E-state index in [0.717, 1.165) is 19.0 Å². The molecule has 0 spiro atoms. The van der Waals surface area contributed by atoms with Crippen molar-refractivity contribution in [2.24, 2.45) is 0 Å². The second kappa shape index (κ2) is 10.7. The van der Waals surface area contributed by atoms with E-state index in [9.17, 15) is 8.78 Å². The van der Waals surface area contributed by atoms with Crippen LogP contribution in [0.3, 0.4) is 0 Å². The zero-order chi connectivity index (χ0) is 15.5. The second-order valence-electron chi connectivity index (χ2n) is 5.85. The van der Waals surface area contributed by atoms with Crippen LogP contribution in [0.15, 0.2) is 18.2 Å². The zero-order valence-electron chi connectivity index (χ0n) is 13.4. The molecular formula is C18H29F2N. The van der Waals surface area contributed by atoms with E-state index >= 15 is 0 Å². The van der Waals surface area contributed by atoms with Crippen LogP contribution in [0.25, 0.3) is 0 Å². The molecular weight excluding hydrogens is 268 g/mol. The maximum absolute atomic E-state index is 13.1. The molecule has 0 aromatic heterocycles. The first-order chi connectivity index (χ1) is 10.1. The van der Waals surface area contributed by atoms with E-state index in [4.69, 9.17) is 0 Å². The highest BCUT2D eigenvalue weighted by atomic mass is 19.1. The fraction of sp³-hybridized carbons (Fsp3) is 0.667. The first-order valence-electron chi connectivity index (χ1n) is 8.33. The third kappa shape index (κ3) is 8.15. The monoisotopic (exact) mass is 297 g/mol. The molecule has 1 nitrogen and oxygen atoms in total. The SMILES string of the molecule is CCCCCCCCCCNC(C)c1cc(F)cc(F)c1. The topological polar surface area (TPSA) is 12.0 Å². The van der Waals surface area contributed by atoms with Crippen LogP contribution in [0, 0.1) is 11.6 Å². The Bertz CT molecular complexity index is 373. The van der Waals surface area contributed by atoms with Gasteiger partial charge in [-0.05, 0) is 37.6 Å². The molecule has 0 amide bonds. The molecule has 0 aliphatic rings. The molecule has 0 fully saturated rings. The molecule has 21 heavy (non-hydrogen) atoms. The van der Waals surface area contributed by atoms with Crippen molar-refractivity contribution in [2.45, 2.75) is 71.3 Å². The number of unbranched alkanes of at least 4 members (excludes halogenated alkanes) is 7. The minimum Gasteiger partial charge on any atom is -0.310 e. The van der Waals surface area contributed by atoms with Crippen LogP contribution >= 0.6 is 0 Å². The van der Waals surface area contributed by atoms with Gasteiger partial charge in [0.15, 0.2) is 0 Å². The predicted molar refractivity (Wildman–Crippen MR) is 85.4 cm³/mol. The molecule has 1 aromatic rings. The predicted octanol–water partition coefficient (Wildman–Crippen LogP) is 5.76. The van der Waals surface area contributed by atoms with Crippen LogP contribution < -0.4 is 5.32 Å². The molecule has 0 aliphatic carbocycles. The molecule has 1 unspecified atom stereocenters. The van der Waals surface area contributed by atoms with Crippen LogP contribution in [-0.4, -0.2) is 6.54 Å². The lowest BCUT2D eigenvalue weighted by Gasteiger charge is -2.14. The first-order valence-corrected chi connectivity index (χ1v) is 8.33. The van der Waals surface area contributed by atoms with Crippen molar-refractivity contribution >= 4 is 0 Å². The summed E-state index contributed by atoms with van der Waals surface area (Å²) in [5.41, 5.74) is 0.673. The van der Waals surface area contributed by atoms with Crippen molar-refractivity contribution in [3.63, 3.8) is 0 Å². The normalized spacial score (nSPS) is 12.6. The van der Waals surface area contributed by atoms with Gasteiger partial charge in [0.2, 0.25) is 0 Å². The summed E-state index contributed by atoms with van der Waals surface area (Å²) in [5.74, 6) is -1.02. The quantitative estimate of drug-likeness (QED) is 0.512. The summed E-state index contributed by atoms with van der Waals surface area (Å²) < 4.78 is 26.3. The van der Waals surface area contributed by atoms with Crippen molar-refractivity contribution in [2.75, 3.05) is 6.54 Å². The van der Waals surface area contributed by atoms with E-state index in [1.54, 1.807) is 0 Å². The number of nitrogens with one attached hydrogen (secondary N) is 1. The van der Waals surface area contributed by atoms with Gasteiger partial charge in [0.25, 0.3) is 0 Å². The van der Waals surface area contributed by atoms with E-state index in [-0.39, 0.29) is 6.04 Å². The summed E-state index contributed by atoms with van der Waals surface area (Å²) in [4.78, 5) is 0. The lowest BCUT2D eigenvalue weighted by atomic mass is 10.1. The van der Waals surface area contributed by atoms with Gasteiger partial charge in [0.05, 0.1) is 0 Å². The van der Waals surface area contributed by atoms with Gasteiger partial charge < -0.3 is 5.32 Å². The number of benzene rings is 1. The Balaban J connectivity index is 2.09. The molecule has 0 saturated heterocycles. The Labute approximate surface area is 128 Å². The van der Waals surface area contributed by atoms with Crippen molar-refractivity contribution in [1.82, 2.24) is 5.32 Å². The molecule has 0 radical (unpaired) electrons. The van der Waals surface area contributed by atoms with Crippen LogP contribution in [-0.2, 0) is 0 Å². The summed E-state index contributed by atoms with van der Waals surface area (Å²) in [5, 5.41) is 3.33. The number of rotatable bonds is 11. The van der Waals surface area contributed by atoms with E-state index < -0.39 is 11.6 Å². The molecule has 3 heteroatoms. The van der Waals surface area contributed by atoms with Crippen LogP contribution in [0.5, 0.6) is 0 Å². The lowest BCUT2D eigenvalue weighted by Crippen LogP contribution is -2.20. The number of hydrogen-bond acceptors (Lipinski definition) is 1. The van der Waals surface area contributed by atoms with Crippen LogP contribution in [0.4, 0.5) is 8.78 Å². The van der Waals surface area contributed by atoms with Crippen LogP contribution in [0.1, 0.15) is 76.8 Å². The molecule has 1 rings (SSSR count). The van der Waals surface area contributed by atoms with E-state index in [1.165, 1.54) is 57.1 Å². The third-order valence-corrected chi connectivity index (χ3v) is 3.87. The van der Waals surface area contributed by atoms with Crippen molar-refractivity contribution in [1.29, 1.82) is 0 Å². The van der Waals surface area contributed by atoms with Crippen LogP contribution in [0.2, 0.25) is 0 Å². The van der Waals surface area contributed by atoms with Gasteiger partial charge in [0, 0.05) is 12.1 Å². The summed E-state index contributed by atoms with van der Waals surface area (Å²) in [7, 11) is 0. The Morgan fingerprint density at radius 1 is 0.857 bits per heavy atom. The van der Waals surface area contributed by atoms with Crippen molar-refractivity contribution in [3.8, 4) is 0 Å². The average Bonchev–Trinajstić information content (AvgIpc) is 2.44. The minimum atomic E-state index is -0.509. The average molecular weight is 297 g/mol. The Kier molecular flexibility index (Phi) is 9.24. The van der Waals surface area contributed by atoms with Gasteiger partial charge in [-0.15, -0.1) is 0 Å². The summed E-state index contributed by atoms with van der Waals surface area (Å²) in [6.07, 6.45) is 10.3. The standard InChI is InChI=1S/C18H29F2N/c1-3-4-5-6-7-8-9-10-11-21-15(2)16-12-17(19)14-18(20)13-16/h12-15,21H,3-11H2,1-2H3. The highest BCUT2D eigenvalue weighted by Crippen LogP contribution is 2.16. The molecule has 120 valence electrons. The molecule has 1 aromatic carbocycles. The van der Waals surface area contributed by atoms with Crippen molar-refractivity contribution in [3.05, 3.63) is 35.4 Å². The van der Waals surface area contributed by atoms with Gasteiger partial charge in [0.1, 0.15) is 11.6 Å². The third-order valence-electron chi connectivity index (χ3n) is 3.87. The number of halogens is 2. The lowest BCUT2D eigenvalue weighted by molar-refractivity contribution is 0.514.